The summed E-state index contributed by atoms with van der Waals surface area (Å²) in [5, 5.41) is 5.94. The summed E-state index contributed by atoms with van der Waals surface area (Å²) in [6.45, 7) is 0. The van der Waals surface area contributed by atoms with Gasteiger partial charge in [0.25, 0.3) is 0 Å². The number of hydrogen-bond donors (Lipinski definition) is 0. The minimum absolute atomic E-state index is 0.0581. The fourth-order valence-electron chi connectivity index (χ4n) is 10.1. The average molecular weight is 819 g/mol. The highest BCUT2D eigenvalue weighted by molar-refractivity contribution is 6.09. The summed E-state index contributed by atoms with van der Waals surface area (Å²) in [6.07, 6.45) is 2.15. The Labute approximate surface area is 369 Å². The standard InChI is InChI=1S/C59H38N4O/c1-3-15-39(16-4-1)55-56-45-21-7-11-23-48(45)60-58(47(56)35-54-57(55)46-22-10-14-26-53(46)64-54)40-29-27-37(28-30-40)49-36-50(62-59(61-49)41-17-5-2-6-18-41)38-31-33-42(34-32-38)63-51-24-12-8-19-43(51)44-20-9-13-25-52(44)63/h1-36,54,57H. The number of benzene rings is 8. The number of ether oxygens (including phenoxy) is 1. The molecule has 2 unspecified atom stereocenters. The molecular formula is C59H38N4O. The number of fused-ring (bicyclic) bond motifs is 9. The summed E-state index contributed by atoms with van der Waals surface area (Å²) in [6, 6.07) is 74.8. The Hall–Kier alpha value is -8.41. The van der Waals surface area contributed by atoms with Crippen molar-refractivity contribution in [1.82, 2.24) is 19.5 Å². The van der Waals surface area contributed by atoms with E-state index in [0.717, 1.165) is 66.9 Å². The molecule has 0 bridgehead atoms. The third kappa shape index (κ3) is 5.82. The van der Waals surface area contributed by atoms with Crippen molar-refractivity contribution in [3.8, 4) is 56.6 Å². The highest BCUT2D eigenvalue weighted by Crippen LogP contribution is 2.46. The van der Waals surface area contributed by atoms with E-state index in [1.165, 1.54) is 43.7 Å². The van der Waals surface area contributed by atoms with Gasteiger partial charge >= 0.3 is 0 Å². The van der Waals surface area contributed by atoms with Gasteiger partial charge in [0, 0.05) is 54.9 Å². The van der Waals surface area contributed by atoms with E-state index in [-0.39, 0.29) is 12.0 Å². The van der Waals surface area contributed by atoms with Crippen LogP contribution < -0.4 is 15.2 Å². The Balaban J connectivity index is 0.940. The van der Waals surface area contributed by atoms with E-state index in [2.05, 4.69) is 205 Å². The molecule has 1 aliphatic heterocycles. The SMILES string of the molecule is C1=c2c(-c3ccc(-c4cc(-c5ccc(-n6c7ccccc7c7ccccc76)cc5)nc(-c5ccccc5)n4)cc3)nc3ccccc3c2=C(c2ccccc2)C2c3ccccc3OC12. The van der Waals surface area contributed by atoms with Crippen LogP contribution in [0.5, 0.6) is 5.75 Å². The lowest BCUT2D eigenvalue weighted by molar-refractivity contribution is 0.286. The molecule has 5 heteroatoms. The number of para-hydroxylation sites is 4. The van der Waals surface area contributed by atoms with Crippen molar-refractivity contribution in [3.63, 3.8) is 0 Å². The summed E-state index contributed by atoms with van der Waals surface area (Å²) in [5.41, 5.74) is 14.8. The van der Waals surface area contributed by atoms with Crippen molar-refractivity contribution in [2.24, 2.45) is 0 Å². The van der Waals surface area contributed by atoms with Crippen LogP contribution >= 0.6 is 0 Å². The van der Waals surface area contributed by atoms with Crippen molar-refractivity contribution >= 4 is 44.4 Å². The molecule has 0 radical (unpaired) electrons. The van der Waals surface area contributed by atoms with Crippen LogP contribution in [0.15, 0.2) is 212 Å². The first-order valence-corrected chi connectivity index (χ1v) is 21.8. The summed E-state index contributed by atoms with van der Waals surface area (Å²) >= 11 is 0. The molecule has 0 amide bonds. The monoisotopic (exact) mass is 818 g/mol. The molecule has 11 aromatic rings. The second-order valence-electron chi connectivity index (χ2n) is 16.6. The molecule has 300 valence electrons. The minimum atomic E-state index is -0.159. The van der Waals surface area contributed by atoms with E-state index < -0.39 is 0 Å². The highest BCUT2D eigenvalue weighted by Gasteiger charge is 2.39. The smallest absolute Gasteiger partial charge is 0.160 e. The summed E-state index contributed by atoms with van der Waals surface area (Å²) < 4.78 is 9.08. The number of nitrogens with zero attached hydrogens (tertiary/aromatic N) is 4. The fourth-order valence-corrected chi connectivity index (χ4v) is 10.1. The Morgan fingerprint density at radius 3 is 1.67 bits per heavy atom. The molecule has 0 N–H and O–H groups in total. The summed E-state index contributed by atoms with van der Waals surface area (Å²) in [4.78, 5) is 15.7. The van der Waals surface area contributed by atoms with Gasteiger partial charge in [0.2, 0.25) is 0 Å². The van der Waals surface area contributed by atoms with Crippen LogP contribution in [0.25, 0.3) is 95.2 Å². The molecule has 4 heterocycles. The van der Waals surface area contributed by atoms with Crippen LogP contribution in [-0.2, 0) is 0 Å². The van der Waals surface area contributed by atoms with Crippen molar-refractivity contribution in [2.45, 2.75) is 12.0 Å². The quantitative estimate of drug-likeness (QED) is 0.168. The lowest BCUT2D eigenvalue weighted by Crippen LogP contribution is -2.40. The number of hydrogen-bond acceptors (Lipinski definition) is 4. The van der Waals surface area contributed by atoms with E-state index in [9.17, 15) is 0 Å². The number of rotatable bonds is 6. The molecule has 3 aromatic heterocycles. The lowest BCUT2D eigenvalue weighted by atomic mass is 9.78. The molecule has 8 aromatic carbocycles. The number of aromatic nitrogens is 4. The Kier molecular flexibility index (Phi) is 8.28. The molecule has 0 saturated carbocycles. The molecule has 0 saturated heterocycles. The zero-order valence-corrected chi connectivity index (χ0v) is 34.6. The molecule has 13 rings (SSSR count). The van der Waals surface area contributed by atoms with Crippen molar-refractivity contribution in [3.05, 3.63) is 234 Å². The first kappa shape index (κ1) is 36.3. The minimum Gasteiger partial charge on any atom is -0.485 e. The molecule has 64 heavy (non-hydrogen) atoms. The van der Waals surface area contributed by atoms with Crippen molar-refractivity contribution in [1.29, 1.82) is 0 Å². The van der Waals surface area contributed by atoms with Crippen LogP contribution in [0, 0.1) is 0 Å². The van der Waals surface area contributed by atoms with Crippen LogP contribution in [0.3, 0.4) is 0 Å². The Morgan fingerprint density at radius 2 is 0.984 bits per heavy atom. The normalized spacial score (nSPS) is 15.1. The maximum atomic E-state index is 6.73. The van der Waals surface area contributed by atoms with Crippen molar-refractivity contribution in [2.75, 3.05) is 0 Å². The van der Waals surface area contributed by atoms with Gasteiger partial charge < -0.3 is 9.30 Å². The van der Waals surface area contributed by atoms with Gasteiger partial charge in [-0.15, -0.1) is 0 Å². The van der Waals surface area contributed by atoms with E-state index in [0.29, 0.717) is 5.82 Å². The van der Waals surface area contributed by atoms with Crippen LogP contribution in [0.2, 0.25) is 0 Å². The third-order valence-corrected chi connectivity index (χ3v) is 13.0. The van der Waals surface area contributed by atoms with Crippen LogP contribution in [-0.4, -0.2) is 25.6 Å². The van der Waals surface area contributed by atoms with E-state index in [1.54, 1.807) is 0 Å². The molecule has 2 atom stereocenters. The predicted molar refractivity (Wildman–Crippen MR) is 260 cm³/mol. The van der Waals surface area contributed by atoms with Crippen molar-refractivity contribution < 1.29 is 4.74 Å². The van der Waals surface area contributed by atoms with Gasteiger partial charge in [0.05, 0.1) is 39.5 Å². The van der Waals surface area contributed by atoms with Gasteiger partial charge in [0.1, 0.15) is 11.9 Å². The van der Waals surface area contributed by atoms with Gasteiger partial charge in [-0.3, -0.25) is 0 Å². The molecule has 0 spiro atoms. The maximum Gasteiger partial charge on any atom is 0.160 e. The summed E-state index contributed by atoms with van der Waals surface area (Å²) in [7, 11) is 0. The zero-order valence-electron chi connectivity index (χ0n) is 34.6. The Bertz CT molecular complexity index is 3690. The first-order valence-electron chi connectivity index (χ1n) is 21.8. The Morgan fingerprint density at radius 1 is 0.438 bits per heavy atom. The zero-order chi connectivity index (χ0) is 42.1. The first-order chi connectivity index (χ1) is 31.7. The molecule has 5 nitrogen and oxygen atoms in total. The molecule has 2 aliphatic rings. The average Bonchev–Trinajstić information content (AvgIpc) is 3.91. The molecule has 0 fully saturated rings. The van der Waals surface area contributed by atoms with Gasteiger partial charge in [-0.25, -0.2) is 15.0 Å². The number of pyridine rings is 1. The fraction of sp³-hybridized carbons (Fsp3) is 0.0339. The van der Waals surface area contributed by atoms with E-state index in [1.807, 2.05) is 18.2 Å². The van der Waals surface area contributed by atoms with E-state index >= 15 is 0 Å². The topological polar surface area (TPSA) is 52.8 Å². The highest BCUT2D eigenvalue weighted by atomic mass is 16.5. The van der Waals surface area contributed by atoms with Gasteiger partial charge in [-0.05, 0) is 64.9 Å². The second kappa shape index (κ2) is 14.6. The maximum absolute atomic E-state index is 6.73. The van der Waals surface area contributed by atoms with Crippen LogP contribution in [0.1, 0.15) is 17.0 Å². The second-order valence-corrected chi connectivity index (χ2v) is 16.6. The largest absolute Gasteiger partial charge is 0.485 e. The molecular weight excluding hydrogens is 781 g/mol. The lowest BCUT2D eigenvalue weighted by Gasteiger charge is -2.26. The predicted octanol–water partition coefficient (Wildman–Crippen LogP) is 12.3. The molecule has 1 aliphatic carbocycles. The van der Waals surface area contributed by atoms with Gasteiger partial charge in [0.15, 0.2) is 5.82 Å². The van der Waals surface area contributed by atoms with E-state index in [4.69, 9.17) is 19.7 Å². The van der Waals surface area contributed by atoms with Crippen LogP contribution in [0.4, 0.5) is 0 Å². The van der Waals surface area contributed by atoms with Gasteiger partial charge in [-0.2, -0.15) is 0 Å². The van der Waals surface area contributed by atoms with Gasteiger partial charge in [-0.1, -0.05) is 170 Å². The third-order valence-electron chi connectivity index (χ3n) is 13.0. The summed E-state index contributed by atoms with van der Waals surface area (Å²) in [5.74, 6) is 1.68.